The van der Waals surface area contributed by atoms with Crippen LogP contribution in [0, 0.1) is 5.82 Å². The van der Waals surface area contributed by atoms with E-state index in [1.807, 2.05) is 25.1 Å². The van der Waals surface area contributed by atoms with Gasteiger partial charge in [-0.3, -0.25) is 4.79 Å². The first-order valence-corrected chi connectivity index (χ1v) is 7.43. The van der Waals surface area contributed by atoms with Crippen molar-refractivity contribution in [3.63, 3.8) is 0 Å². The van der Waals surface area contributed by atoms with E-state index in [1.54, 1.807) is 6.07 Å². The summed E-state index contributed by atoms with van der Waals surface area (Å²) in [6.45, 7) is 4.33. The van der Waals surface area contributed by atoms with E-state index in [9.17, 15) is 9.18 Å². The van der Waals surface area contributed by atoms with Gasteiger partial charge in [0.25, 0.3) is 0 Å². The summed E-state index contributed by atoms with van der Waals surface area (Å²) in [4.78, 5) is 13.6. The first-order valence-electron chi connectivity index (χ1n) is 7.43. The first-order chi connectivity index (χ1) is 10.5. The van der Waals surface area contributed by atoms with Crippen LogP contribution >= 0.6 is 0 Å². The van der Waals surface area contributed by atoms with Crippen molar-refractivity contribution >= 4 is 11.5 Å². The van der Waals surface area contributed by atoms with Crippen molar-refractivity contribution in [2.24, 2.45) is 5.73 Å². The highest BCUT2D eigenvalue weighted by Gasteiger charge is 2.22. The molecule has 0 radical (unpaired) electrons. The second-order valence-electron chi connectivity index (χ2n) is 5.78. The Hall–Kier alpha value is -2.20. The molecule has 1 aliphatic rings. The molecule has 0 fully saturated rings. The molecule has 0 amide bonds. The van der Waals surface area contributed by atoms with Crippen molar-refractivity contribution in [2.75, 3.05) is 11.4 Å². The number of ketones is 1. The van der Waals surface area contributed by atoms with E-state index in [1.165, 1.54) is 24.6 Å². The Labute approximate surface area is 129 Å². The summed E-state index contributed by atoms with van der Waals surface area (Å²) in [5.41, 5.74) is 10.0. The van der Waals surface area contributed by atoms with Crippen LogP contribution in [0.4, 0.5) is 10.1 Å². The number of anilines is 1. The van der Waals surface area contributed by atoms with E-state index < -0.39 is 0 Å². The highest BCUT2D eigenvalue weighted by molar-refractivity contribution is 5.95. The van der Waals surface area contributed by atoms with E-state index >= 15 is 0 Å². The monoisotopic (exact) mass is 298 g/mol. The molecule has 2 aromatic carbocycles. The zero-order chi connectivity index (χ0) is 15.9. The summed E-state index contributed by atoms with van der Waals surface area (Å²) in [6.07, 6.45) is 0.864. The second-order valence-corrected chi connectivity index (χ2v) is 5.78. The molecule has 0 saturated carbocycles. The van der Waals surface area contributed by atoms with Gasteiger partial charge in [-0.1, -0.05) is 6.07 Å². The van der Waals surface area contributed by atoms with Gasteiger partial charge in [0.1, 0.15) is 5.82 Å². The van der Waals surface area contributed by atoms with Crippen LogP contribution in [0.1, 0.15) is 29.8 Å². The van der Waals surface area contributed by atoms with Crippen molar-refractivity contribution in [3.8, 4) is 11.1 Å². The van der Waals surface area contributed by atoms with Crippen LogP contribution in [0.2, 0.25) is 0 Å². The minimum atomic E-state index is -0.313. The number of rotatable bonds is 3. The Bertz CT molecular complexity index is 740. The average Bonchev–Trinajstić information content (AvgIpc) is 2.90. The van der Waals surface area contributed by atoms with Gasteiger partial charge < -0.3 is 10.6 Å². The maximum Gasteiger partial charge on any atom is 0.159 e. The van der Waals surface area contributed by atoms with E-state index in [4.69, 9.17) is 5.73 Å². The smallest absolute Gasteiger partial charge is 0.159 e. The topological polar surface area (TPSA) is 46.3 Å². The van der Waals surface area contributed by atoms with E-state index in [0.29, 0.717) is 11.1 Å². The lowest BCUT2D eigenvalue weighted by Gasteiger charge is -2.23. The van der Waals surface area contributed by atoms with Gasteiger partial charge in [-0.25, -0.2) is 4.39 Å². The fraction of sp³-hybridized carbons (Fsp3) is 0.278. The summed E-state index contributed by atoms with van der Waals surface area (Å²) in [7, 11) is 0. The molecule has 1 atom stereocenters. The number of halogens is 1. The maximum absolute atomic E-state index is 14.1. The fourth-order valence-corrected chi connectivity index (χ4v) is 2.98. The molecule has 3 nitrogen and oxygen atoms in total. The minimum absolute atomic E-state index is 0.0372. The van der Waals surface area contributed by atoms with Crippen molar-refractivity contribution in [1.82, 2.24) is 0 Å². The molecule has 0 spiro atoms. The number of carbonyl (C=O) groups excluding carboxylic acids is 1. The largest absolute Gasteiger partial charge is 0.356 e. The first kappa shape index (κ1) is 14.7. The Kier molecular flexibility index (Phi) is 3.71. The summed E-state index contributed by atoms with van der Waals surface area (Å²) in [5, 5.41) is 0. The third-order valence-electron chi connectivity index (χ3n) is 4.19. The van der Waals surface area contributed by atoms with Crippen molar-refractivity contribution < 1.29 is 9.18 Å². The number of hydrogen-bond donors (Lipinski definition) is 1. The van der Waals surface area contributed by atoms with Gasteiger partial charge in [-0.05, 0) is 61.7 Å². The summed E-state index contributed by atoms with van der Waals surface area (Å²) < 4.78 is 14.1. The molecule has 0 saturated heterocycles. The molecule has 0 bridgehead atoms. The Balaban J connectivity index is 2.04. The molecule has 0 aliphatic carbocycles. The fourth-order valence-electron chi connectivity index (χ4n) is 2.98. The van der Waals surface area contributed by atoms with Gasteiger partial charge in [0.15, 0.2) is 5.78 Å². The van der Waals surface area contributed by atoms with Crippen LogP contribution in [0.15, 0.2) is 36.4 Å². The summed E-state index contributed by atoms with van der Waals surface area (Å²) in [6, 6.07) is 10.4. The molecule has 2 aromatic rings. The van der Waals surface area contributed by atoms with Gasteiger partial charge in [-0.15, -0.1) is 0 Å². The van der Waals surface area contributed by atoms with Crippen LogP contribution < -0.4 is 10.6 Å². The van der Waals surface area contributed by atoms with Gasteiger partial charge in [0, 0.05) is 23.4 Å². The highest BCUT2D eigenvalue weighted by atomic mass is 19.1. The van der Waals surface area contributed by atoms with Crippen molar-refractivity contribution in [3.05, 3.63) is 53.3 Å². The zero-order valence-electron chi connectivity index (χ0n) is 12.8. The quantitative estimate of drug-likeness (QED) is 0.884. The number of nitrogens with zero attached hydrogens (tertiary/aromatic N) is 1. The van der Waals surface area contributed by atoms with E-state index in [0.717, 1.165) is 24.2 Å². The molecule has 1 unspecified atom stereocenters. The van der Waals surface area contributed by atoms with Crippen LogP contribution in [-0.2, 0) is 6.42 Å². The molecular formula is C18H19FN2O. The normalized spacial score (nSPS) is 14.8. The van der Waals surface area contributed by atoms with Crippen LogP contribution in [0.3, 0.4) is 0 Å². The molecule has 3 rings (SSSR count). The van der Waals surface area contributed by atoms with Gasteiger partial charge >= 0.3 is 0 Å². The predicted octanol–water partition coefficient (Wildman–Crippen LogP) is 3.36. The SMILES string of the molecule is CC(=O)c1ccc(F)c(-c2ccc3c(c2)CCN3C(C)N)c1. The summed E-state index contributed by atoms with van der Waals surface area (Å²) >= 11 is 0. The van der Waals surface area contributed by atoms with Crippen molar-refractivity contribution in [2.45, 2.75) is 26.4 Å². The molecule has 0 aromatic heterocycles. The molecule has 4 heteroatoms. The van der Waals surface area contributed by atoms with Gasteiger partial charge in [-0.2, -0.15) is 0 Å². The molecule has 114 valence electrons. The van der Waals surface area contributed by atoms with E-state index in [2.05, 4.69) is 4.90 Å². The standard InChI is InChI=1S/C18H19FN2O/c1-11(22)13-3-5-17(19)16(10-13)14-4-6-18-15(9-14)7-8-21(18)12(2)20/h3-6,9-10,12H,7-8,20H2,1-2H3. The highest BCUT2D eigenvalue weighted by Crippen LogP contribution is 2.34. The molecule has 2 N–H and O–H groups in total. The third-order valence-corrected chi connectivity index (χ3v) is 4.19. The van der Waals surface area contributed by atoms with Crippen LogP contribution in [0.5, 0.6) is 0 Å². The summed E-state index contributed by atoms with van der Waals surface area (Å²) in [5.74, 6) is -0.377. The number of hydrogen-bond acceptors (Lipinski definition) is 3. The lowest BCUT2D eigenvalue weighted by Crippen LogP contribution is -2.38. The zero-order valence-corrected chi connectivity index (χ0v) is 12.8. The van der Waals surface area contributed by atoms with Gasteiger partial charge in [0.05, 0.1) is 6.17 Å². The molecule has 1 heterocycles. The minimum Gasteiger partial charge on any atom is -0.356 e. The Morgan fingerprint density at radius 3 is 2.73 bits per heavy atom. The lowest BCUT2D eigenvalue weighted by atomic mass is 9.98. The number of Topliss-reactive ketones (excluding diaryl/α,β-unsaturated/α-hetero) is 1. The lowest BCUT2D eigenvalue weighted by molar-refractivity contribution is 0.101. The number of carbonyl (C=O) groups is 1. The number of nitrogens with two attached hydrogens (primary N) is 1. The third kappa shape index (κ3) is 2.50. The Morgan fingerprint density at radius 1 is 1.27 bits per heavy atom. The second kappa shape index (κ2) is 5.54. The van der Waals surface area contributed by atoms with E-state index in [-0.39, 0.29) is 17.8 Å². The van der Waals surface area contributed by atoms with Crippen molar-refractivity contribution in [1.29, 1.82) is 0 Å². The Morgan fingerprint density at radius 2 is 2.05 bits per heavy atom. The molecule has 22 heavy (non-hydrogen) atoms. The maximum atomic E-state index is 14.1. The van der Waals surface area contributed by atoms with Crippen LogP contribution in [-0.4, -0.2) is 18.5 Å². The predicted molar refractivity (Wildman–Crippen MR) is 86.5 cm³/mol. The van der Waals surface area contributed by atoms with Crippen LogP contribution in [0.25, 0.3) is 11.1 Å². The average molecular weight is 298 g/mol. The molecular weight excluding hydrogens is 279 g/mol. The number of fused-ring (bicyclic) bond motifs is 1. The number of benzene rings is 2. The molecule has 1 aliphatic heterocycles. The van der Waals surface area contributed by atoms with Gasteiger partial charge in [0.2, 0.25) is 0 Å².